The van der Waals surface area contributed by atoms with Gasteiger partial charge in [-0.05, 0) is 12.1 Å². The largest absolute Gasteiger partial charge is 0.485 e. The Kier molecular flexibility index (Phi) is 6.22. The van der Waals surface area contributed by atoms with E-state index in [-0.39, 0.29) is 17.8 Å². The van der Waals surface area contributed by atoms with Gasteiger partial charge >= 0.3 is 0 Å². The molecule has 0 aliphatic carbocycles. The zero-order valence-corrected chi connectivity index (χ0v) is 20.0. The van der Waals surface area contributed by atoms with Crippen LogP contribution >= 0.6 is 0 Å². The molecule has 2 fully saturated rings. The molecule has 0 spiro atoms. The zero-order chi connectivity index (χ0) is 25.4. The van der Waals surface area contributed by atoms with Crippen molar-refractivity contribution >= 4 is 23.2 Å². The van der Waals surface area contributed by atoms with Crippen LogP contribution in [0, 0.1) is 11.6 Å². The van der Waals surface area contributed by atoms with Gasteiger partial charge in [-0.2, -0.15) is 19.6 Å². The first kappa shape index (κ1) is 23.4. The average Bonchev–Trinajstić information content (AvgIpc) is 3.53. The monoisotopic (exact) mass is 511 g/mol. The highest BCUT2D eigenvalue weighted by atomic mass is 19.1. The van der Waals surface area contributed by atoms with E-state index in [9.17, 15) is 8.78 Å². The number of nitrogens with one attached hydrogen (secondary N) is 2. The minimum atomic E-state index is -0.674. The quantitative estimate of drug-likeness (QED) is 0.323. The summed E-state index contributed by atoms with van der Waals surface area (Å²) in [4.78, 5) is 13.0. The Balaban J connectivity index is 1.03. The van der Waals surface area contributed by atoms with Crippen molar-refractivity contribution in [1.29, 1.82) is 0 Å². The van der Waals surface area contributed by atoms with Gasteiger partial charge in [0, 0.05) is 70.6 Å². The highest BCUT2D eigenvalue weighted by Crippen LogP contribution is 2.30. The fraction of sp³-hybridized carbons (Fsp3) is 0.375. The van der Waals surface area contributed by atoms with Crippen LogP contribution in [0.1, 0.15) is 0 Å². The Morgan fingerprint density at radius 2 is 1.95 bits per heavy atom. The van der Waals surface area contributed by atoms with E-state index in [0.29, 0.717) is 61.5 Å². The fourth-order valence-corrected chi connectivity index (χ4v) is 4.45. The van der Waals surface area contributed by atoms with Crippen molar-refractivity contribution in [3.05, 3.63) is 48.2 Å². The first-order valence-electron chi connectivity index (χ1n) is 12.2. The summed E-state index contributed by atoms with van der Waals surface area (Å²) in [6, 6.07) is 7.78. The molecule has 4 aromatic rings. The lowest BCUT2D eigenvalue weighted by molar-refractivity contribution is 0.136. The number of ether oxygens (including phenoxy) is 1. The van der Waals surface area contributed by atoms with Crippen LogP contribution in [0.25, 0.3) is 17.1 Å². The molecule has 0 saturated carbocycles. The van der Waals surface area contributed by atoms with E-state index in [1.807, 2.05) is 11.0 Å². The Morgan fingerprint density at radius 3 is 2.68 bits per heavy atom. The summed E-state index contributed by atoms with van der Waals surface area (Å²) in [6.07, 6.45) is 1.50. The lowest BCUT2D eigenvalue weighted by Gasteiger charge is -2.36. The number of nitrogen functional groups attached to an aromatic ring is 1. The van der Waals surface area contributed by atoms with Gasteiger partial charge in [0.05, 0.1) is 12.0 Å². The molecule has 11 nitrogen and oxygen atoms in total. The average molecular weight is 512 g/mol. The number of fused-ring (bicyclic) bond motifs is 1. The molecular weight excluding hydrogens is 484 g/mol. The van der Waals surface area contributed by atoms with Crippen molar-refractivity contribution < 1.29 is 17.9 Å². The van der Waals surface area contributed by atoms with Crippen LogP contribution in [-0.2, 0) is 0 Å². The molecule has 2 aliphatic rings. The summed E-state index contributed by atoms with van der Waals surface area (Å²) in [5, 5.41) is 10.7. The van der Waals surface area contributed by atoms with Crippen molar-refractivity contribution in [2.24, 2.45) is 0 Å². The molecule has 0 atom stereocenters. The summed E-state index contributed by atoms with van der Waals surface area (Å²) in [5.41, 5.74) is 7.63. The third-order valence-corrected chi connectivity index (χ3v) is 6.59. The van der Waals surface area contributed by atoms with Crippen LogP contribution in [0.2, 0.25) is 0 Å². The second-order valence-electron chi connectivity index (χ2n) is 9.07. The van der Waals surface area contributed by atoms with Gasteiger partial charge in [0.25, 0.3) is 0 Å². The molecule has 6 rings (SSSR count). The number of hydrogen-bond donors (Lipinski definition) is 3. The fourth-order valence-electron chi connectivity index (χ4n) is 4.45. The molecule has 0 bridgehead atoms. The second kappa shape index (κ2) is 9.82. The molecule has 2 aliphatic heterocycles. The highest BCUT2D eigenvalue weighted by Gasteiger charge is 2.24. The number of aromatic nitrogens is 4. The number of benzene rings is 1. The molecule has 1 aromatic carbocycles. The van der Waals surface area contributed by atoms with Crippen molar-refractivity contribution in [2.45, 2.75) is 6.10 Å². The topological polar surface area (TPSA) is 122 Å². The number of nitrogens with two attached hydrogens (primary N) is 1. The number of hydrogen-bond acceptors (Lipinski definition) is 10. The van der Waals surface area contributed by atoms with Crippen molar-refractivity contribution in [3.63, 3.8) is 0 Å². The maximum Gasteiger partial charge on any atom is 0.228 e. The Hall–Kier alpha value is -3.97. The SMILES string of the molecule is Nc1nc(NCCN2CCN(c3cc(OC4CNC4)c(F)cc3F)CC2)nc2cc(-c3ccco3)nn12. The molecular formula is C24H27F2N9O2. The second-order valence-corrected chi connectivity index (χ2v) is 9.07. The van der Waals surface area contributed by atoms with Crippen LogP contribution < -0.4 is 26.0 Å². The minimum Gasteiger partial charge on any atom is -0.485 e. The smallest absolute Gasteiger partial charge is 0.228 e. The van der Waals surface area contributed by atoms with Gasteiger partial charge < -0.3 is 30.4 Å². The molecule has 0 unspecified atom stereocenters. The standard InChI is InChI=1S/C24H27F2N9O2/c25-16-10-17(26)21(37-15-13-28-14-15)12-19(16)34-7-5-33(6-8-34)4-3-29-24-30-22-11-18(20-2-1-9-36-20)32-35(22)23(27)31-24/h1-2,9-12,15,28H,3-8,13-14H2,(H3,27,29,30,31). The maximum absolute atomic E-state index is 14.6. The molecule has 37 heavy (non-hydrogen) atoms. The molecule has 4 N–H and O–H groups in total. The number of nitrogens with zero attached hydrogens (tertiary/aromatic N) is 6. The lowest BCUT2D eigenvalue weighted by atomic mass is 10.2. The van der Waals surface area contributed by atoms with Crippen LogP contribution in [0.3, 0.4) is 0 Å². The summed E-state index contributed by atoms with van der Waals surface area (Å²) in [6.45, 7) is 5.39. The lowest BCUT2D eigenvalue weighted by Crippen LogP contribution is -2.50. The van der Waals surface area contributed by atoms with Gasteiger partial charge in [0.2, 0.25) is 11.9 Å². The predicted molar refractivity (Wildman–Crippen MR) is 134 cm³/mol. The van der Waals surface area contributed by atoms with Crippen molar-refractivity contribution in [2.75, 3.05) is 68.3 Å². The minimum absolute atomic E-state index is 0.0794. The molecule has 194 valence electrons. The molecule has 5 heterocycles. The first-order valence-corrected chi connectivity index (χ1v) is 12.2. The Bertz CT molecular complexity index is 1380. The Labute approximate surface area is 211 Å². The van der Waals surface area contributed by atoms with E-state index in [2.05, 4.69) is 30.6 Å². The van der Waals surface area contributed by atoms with Gasteiger partial charge in [-0.1, -0.05) is 0 Å². The number of piperazine rings is 1. The van der Waals surface area contributed by atoms with Gasteiger partial charge in [-0.3, -0.25) is 4.90 Å². The summed E-state index contributed by atoms with van der Waals surface area (Å²) >= 11 is 0. The third-order valence-electron chi connectivity index (χ3n) is 6.59. The number of furan rings is 1. The van der Waals surface area contributed by atoms with E-state index in [1.165, 1.54) is 10.6 Å². The molecule has 3 aromatic heterocycles. The van der Waals surface area contributed by atoms with Gasteiger partial charge in [-0.15, -0.1) is 0 Å². The summed E-state index contributed by atoms with van der Waals surface area (Å²) in [5.74, 6) is 0.104. The molecule has 0 amide bonds. The van der Waals surface area contributed by atoms with Crippen LogP contribution in [0.15, 0.2) is 41.0 Å². The van der Waals surface area contributed by atoms with Gasteiger partial charge in [-0.25, -0.2) is 8.78 Å². The van der Waals surface area contributed by atoms with E-state index >= 15 is 0 Å². The van der Waals surface area contributed by atoms with Crippen LogP contribution in [0.4, 0.5) is 26.4 Å². The van der Waals surface area contributed by atoms with Crippen molar-refractivity contribution in [3.8, 4) is 17.2 Å². The predicted octanol–water partition coefficient (Wildman–Crippen LogP) is 1.83. The van der Waals surface area contributed by atoms with Crippen LogP contribution in [0.5, 0.6) is 5.75 Å². The van der Waals surface area contributed by atoms with E-state index in [1.54, 1.807) is 18.4 Å². The number of anilines is 3. The zero-order valence-electron chi connectivity index (χ0n) is 20.0. The van der Waals surface area contributed by atoms with Gasteiger partial charge in [0.1, 0.15) is 17.6 Å². The van der Waals surface area contributed by atoms with Crippen LogP contribution in [-0.4, -0.2) is 82.9 Å². The van der Waals surface area contributed by atoms with Gasteiger partial charge in [0.15, 0.2) is 23.0 Å². The maximum atomic E-state index is 14.6. The summed E-state index contributed by atoms with van der Waals surface area (Å²) in [7, 11) is 0. The normalized spacial score (nSPS) is 16.8. The van der Waals surface area contributed by atoms with E-state index in [0.717, 1.165) is 25.7 Å². The highest BCUT2D eigenvalue weighted by molar-refractivity contribution is 5.61. The van der Waals surface area contributed by atoms with E-state index in [4.69, 9.17) is 14.9 Å². The third kappa shape index (κ3) is 4.87. The molecule has 13 heteroatoms. The molecule has 2 saturated heterocycles. The molecule has 0 radical (unpaired) electrons. The number of rotatable bonds is 8. The first-order chi connectivity index (χ1) is 18.0. The van der Waals surface area contributed by atoms with Crippen molar-refractivity contribution in [1.82, 2.24) is 29.8 Å². The summed E-state index contributed by atoms with van der Waals surface area (Å²) < 4.78 is 41.3. The Morgan fingerprint density at radius 1 is 1.11 bits per heavy atom. The number of halogens is 2. The van der Waals surface area contributed by atoms with E-state index < -0.39 is 11.6 Å².